The summed E-state index contributed by atoms with van der Waals surface area (Å²) >= 11 is 3.39. The fourth-order valence-corrected chi connectivity index (χ4v) is 2.98. The van der Waals surface area contributed by atoms with E-state index in [0.717, 1.165) is 15.7 Å². The van der Waals surface area contributed by atoms with Gasteiger partial charge in [0.1, 0.15) is 5.75 Å². The largest absolute Gasteiger partial charge is 0.422 e. The number of nitrogens with one attached hydrogen (secondary N) is 2. The Bertz CT molecular complexity index is 1070. The van der Waals surface area contributed by atoms with E-state index in [-0.39, 0.29) is 12.5 Å². The normalized spacial score (nSPS) is 10.6. The standard InChI is InChI=1S/C23H20BrN3O3/c1-16-6-5-9-20(12-16)25-15-22(28)27-26-14-18-13-19(24)10-11-21(18)30-23(29)17-7-3-2-4-8-17/h2-14,25H,15H2,1H3,(H,27,28)/b26-14+. The van der Waals surface area contributed by atoms with Crippen LogP contribution in [0.5, 0.6) is 5.75 Å². The highest BCUT2D eigenvalue weighted by Gasteiger charge is 2.11. The number of amides is 1. The molecule has 0 aliphatic rings. The van der Waals surface area contributed by atoms with Crippen LogP contribution in [-0.2, 0) is 4.79 Å². The number of hydrogen-bond acceptors (Lipinski definition) is 5. The Morgan fingerprint density at radius 1 is 1.03 bits per heavy atom. The summed E-state index contributed by atoms with van der Waals surface area (Å²) in [6.45, 7) is 2.06. The third-order valence-corrected chi connectivity index (χ3v) is 4.54. The van der Waals surface area contributed by atoms with Crippen LogP contribution in [-0.4, -0.2) is 24.6 Å². The van der Waals surface area contributed by atoms with E-state index in [4.69, 9.17) is 4.74 Å². The van der Waals surface area contributed by atoms with E-state index in [1.807, 2.05) is 37.3 Å². The van der Waals surface area contributed by atoms with Crippen molar-refractivity contribution < 1.29 is 14.3 Å². The average Bonchev–Trinajstić information content (AvgIpc) is 2.75. The molecule has 0 aliphatic heterocycles. The fraction of sp³-hybridized carbons (Fsp3) is 0.0870. The molecule has 30 heavy (non-hydrogen) atoms. The van der Waals surface area contributed by atoms with Crippen molar-refractivity contribution in [1.82, 2.24) is 5.43 Å². The molecular formula is C23H20BrN3O3. The maximum absolute atomic E-state index is 12.3. The Morgan fingerprint density at radius 3 is 2.60 bits per heavy atom. The van der Waals surface area contributed by atoms with Gasteiger partial charge < -0.3 is 10.1 Å². The van der Waals surface area contributed by atoms with Crippen molar-refractivity contribution in [2.45, 2.75) is 6.92 Å². The molecule has 0 aliphatic carbocycles. The van der Waals surface area contributed by atoms with Gasteiger partial charge in [0.25, 0.3) is 5.91 Å². The van der Waals surface area contributed by atoms with Gasteiger partial charge in [0, 0.05) is 15.7 Å². The number of aryl methyl sites for hydroxylation is 1. The summed E-state index contributed by atoms with van der Waals surface area (Å²) in [6.07, 6.45) is 1.43. The number of hydrazone groups is 1. The van der Waals surface area contributed by atoms with Crippen molar-refractivity contribution >= 4 is 39.7 Å². The van der Waals surface area contributed by atoms with Crippen LogP contribution in [0.4, 0.5) is 5.69 Å². The van der Waals surface area contributed by atoms with Gasteiger partial charge in [-0.15, -0.1) is 0 Å². The molecular weight excluding hydrogens is 446 g/mol. The molecule has 0 aromatic heterocycles. The molecule has 3 aromatic rings. The first-order chi connectivity index (χ1) is 14.5. The second-order valence-electron chi connectivity index (χ2n) is 6.45. The molecule has 3 rings (SSSR count). The monoisotopic (exact) mass is 465 g/mol. The molecule has 0 saturated carbocycles. The van der Waals surface area contributed by atoms with Crippen LogP contribution in [0, 0.1) is 6.92 Å². The van der Waals surface area contributed by atoms with Gasteiger partial charge in [0.05, 0.1) is 18.3 Å². The number of carbonyl (C=O) groups excluding carboxylic acids is 2. The van der Waals surface area contributed by atoms with Gasteiger partial charge >= 0.3 is 5.97 Å². The Kier molecular flexibility index (Phi) is 7.34. The maximum atomic E-state index is 12.3. The van der Waals surface area contributed by atoms with Crippen LogP contribution >= 0.6 is 15.9 Å². The molecule has 0 heterocycles. The molecule has 7 heteroatoms. The lowest BCUT2D eigenvalue weighted by Crippen LogP contribution is -2.25. The minimum atomic E-state index is -0.473. The third-order valence-electron chi connectivity index (χ3n) is 4.05. The summed E-state index contributed by atoms with van der Waals surface area (Å²) in [4.78, 5) is 24.3. The summed E-state index contributed by atoms with van der Waals surface area (Å²) in [6, 6.07) is 21.6. The summed E-state index contributed by atoms with van der Waals surface area (Å²) < 4.78 is 6.27. The van der Waals surface area contributed by atoms with E-state index in [2.05, 4.69) is 31.8 Å². The molecule has 2 N–H and O–H groups in total. The van der Waals surface area contributed by atoms with E-state index >= 15 is 0 Å². The van der Waals surface area contributed by atoms with Crippen molar-refractivity contribution in [3.8, 4) is 5.75 Å². The highest BCUT2D eigenvalue weighted by Crippen LogP contribution is 2.23. The van der Waals surface area contributed by atoms with Gasteiger partial charge in [-0.2, -0.15) is 5.10 Å². The Hall–Kier alpha value is -3.45. The van der Waals surface area contributed by atoms with Crippen LogP contribution in [0.15, 0.2) is 82.4 Å². The lowest BCUT2D eigenvalue weighted by atomic mass is 10.2. The second kappa shape index (κ2) is 10.4. The number of esters is 1. The number of rotatable bonds is 7. The van der Waals surface area contributed by atoms with Gasteiger partial charge in [0.2, 0.25) is 0 Å². The zero-order valence-corrected chi connectivity index (χ0v) is 17.8. The predicted octanol–water partition coefficient (Wildman–Crippen LogP) is 4.54. The number of benzene rings is 3. The lowest BCUT2D eigenvalue weighted by molar-refractivity contribution is -0.119. The van der Waals surface area contributed by atoms with Crippen LogP contribution in [0.25, 0.3) is 0 Å². The molecule has 0 spiro atoms. The predicted molar refractivity (Wildman–Crippen MR) is 121 cm³/mol. The van der Waals surface area contributed by atoms with Gasteiger partial charge in [-0.25, -0.2) is 10.2 Å². The van der Waals surface area contributed by atoms with Crippen molar-refractivity contribution in [1.29, 1.82) is 0 Å². The second-order valence-corrected chi connectivity index (χ2v) is 7.37. The molecule has 0 fully saturated rings. The SMILES string of the molecule is Cc1cccc(NCC(=O)N/N=C/c2cc(Br)ccc2OC(=O)c2ccccc2)c1. The number of anilines is 1. The number of ether oxygens (including phenoxy) is 1. The van der Waals surface area contributed by atoms with Crippen LogP contribution < -0.4 is 15.5 Å². The summed E-state index contributed by atoms with van der Waals surface area (Å²) in [5.74, 6) is -0.438. The number of nitrogens with zero attached hydrogens (tertiary/aromatic N) is 1. The van der Waals surface area contributed by atoms with Gasteiger partial charge in [0.15, 0.2) is 0 Å². The molecule has 152 valence electrons. The molecule has 0 atom stereocenters. The van der Waals surface area contributed by atoms with E-state index < -0.39 is 5.97 Å². The molecule has 0 unspecified atom stereocenters. The number of halogens is 1. The first kappa shape index (κ1) is 21.3. The van der Waals surface area contributed by atoms with Crippen molar-refractivity contribution in [2.24, 2.45) is 5.10 Å². The molecule has 0 bridgehead atoms. The van der Waals surface area contributed by atoms with Gasteiger partial charge in [-0.05, 0) is 55.0 Å². The molecule has 6 nitrogen and oxygen atoms in total. The van der Waals surface area contributed by atoms with Crippen molar-refractivity contribution in [3.63, 3.8) is 0 Å². The van der Waals surface area contributed by atoms with Gasteiger partial charge in [-0.1, -0.05) is 46.3 Å². The highest BCUT2D eigenvalue weighted by atomic mass is 79.9. The Morgan fingerprint density at radius 2 is 1.83 bits per heavy atom. The lowest BCUT2D eigenvalue weighted by Gasteiger charge is -2.08. The average molecular weight is 466 g/mol. The summed E-state index contributed by atoms with van der Waals surface area (Å²) in [5, 5.41) is 7.01. The van der Waals surface area contributed by atoms with Crippen LogP contribution in [0.2, 0.25) is 0 Å². The first-order valence-corrected chi connectivity index (χ1v) is 10.00. The fourth-order valence-electron chi connectivity index (χ4n) is 2.60. The topological polar surface area (TPSA) is 79.8 Å². The first-order valence-electron chi connectivity index (χ1n) is 9.20. The Labute approximate surface area is 183 Å². The number of hydrogen-bond donors (Lipinski definition) is 2. The van der Waals surface area contributed by atoms with E-state index in [1.54, 1.807) is 42.5 Å². The Balaban J connectivity index is 1.61. The summed E-state index contributed by atoms with van der Waals surface area (Å²) in [7, 11) is 0. The third kappa shape index (κ3) is 6.28. The smallest absolute Gasteiger partial charge is 0.343 e. The van der Waals surface area contributed by atoms with Crippen LogP contribution in [0.1, 0.15) is 21.5 Å². The molecule has 0 radical (unpaired) electrons. The van der Waals surface area contributed by atoms with Crippen molar-refractivity contribution in [3.05, 3.63) is 94.0 Å². The molecule has 0 saturated heterocycles. The molecule has 3 aromatic carbocycles. The minimum absolute atomic E-state index is 0.0785. The molecule has 1 amide bonds. The highest BCUT2D eigenvalue weighted by molar-refractivity contribution is 9.10. The van der Waals surface area contributed by atoms with E-state index in [9.17, 15) is 9.59 Å². The van der Waals surface area contributed by atoms with E-state index in [0.29, 0.717) is 16.9 Å². The maximum Gasteiger partial charge on any atom is 0.343 e. The minimum Gasteiger partial charge on any atom is -0.422 e. The quantitative estimate of drug-likeness (QED) is 0.232. The summed E-state index contributed by atoms with van der Waals surface area (Å²) in [5.41, 5.74) is 5.41. The zero-order chi connectivity index (χ0) is 21.3. The number of carbonyl (C=O) groups is 2. The van der Waals surface area contributed by atoms with E-state index in [1.165, 1.54) is 6.21 Å². The zero-order valence-electron chi connectivity index (χ0n) is 16.3. The van der Waals surface area contributed by atoms with Crippen LogP contribution in [0.3, 0.4) is 0 Å². The van der Waals surface area contributed by atoms with Crippen molar-refractivity contribution in [2.75, 3.05) is 11.9 Å². The van der Waals surface area contributed by atoms with Gasteiger partial charge in [-0.3, -0.25) is 4.79 Å².